The highest BCUT2D eigenvalue weighted by molar-refractivity contribution is 6.04. The van der Waals surface area contributed by atoms with Gasteiger partial charge in [0.1, 0.15) is 11.8 Å². The van der Waals surface area contributed by atoms with Crippen LogP contribution in [0.5, 0.6) is 0 Å². The molecule has 214 valence electrons. The van der Waals surface area contributed by atoms with E-state index in [-0.39, 0.29) is 29.3 Å². The number of hydrogen-bond acceptors (Lipinski definition) is 7. The van der Waals surface area contributed by atoms with Gasteiger partial charge in [-0.3, -0.25) is 19.4 Å². The van der Waals surface area contributed by atoms with Gasteiger partial charge in [0.2, 0.25) is 5.91 Å². The lowest BCUT2D eigenvalue weighted by Crippen LogP contribution is -2.50. The Kier molecular flexibility index (Phi) is 8.27. The number of carbonyl (C=O) groups excluding carboxylic acids is 3. The number of likely N-dealkylation sites (tertiary alicyclic amines) is 1. The van der Waals surface area contributed by atoms with E-state index in [4.69, 9.17) is 9.63 Å². The van der Waals surface area contributed by atoms with Crippen LogP contribution in [-0.2, 0) is 4.79 Å². The van der Waals surface area contributed by atoms with Crippen LogP contribution in [0.25, 0.3) is 0 Å². The largest absolute Gasteiger partial charge is 0.465 e. The van der Waals surface area contributed by atoms with E-state index in [1.54, 1.807) is 53.7 Å². The van der Waals surface area contributed by atoms with Crippen LogP contribution in [0, 0.1) is 5.92 Å². The number of anilines is 1. The summed E-state index contributed by atoms with van der Waals surface area (Å²) < 4.78 is 5.38. The van der Waals surface area contributed by atoms with Gasteiger partial charge < -0.3 is 30.5 Å². The van der Waals surface area contributed by atoms with Crippen molar-refractivity contribution in [2.45, 2.75) is 50.6 Å². The number of nitrogens with one attached hydrogen (secondary N) is 3. The third-order valence-electron chi connectivity index (χ3n) is 7.49. The number of amides is 4. The van der Waals surface area contributed by atoms with Gasteiger partial charge in [0.15, 0.2) is 5.69 Å². The normalized spacial score (nSPS) is 16.9. The fraction of sp³-hybridized carbons (Fsp3) is 0.379. The molecule has 41 heavy (non-hydrogen) atoms. The molecular formula is C29H32N6O6. The highest BCUT2D eigenvalue weighted by Gasteiger charge is 2.34. The van der Waals surface area contributed by atoms with Gasteiger partial charge >= 0.3 is 6.09 Å². The van der Waals surface area contributed by atoms with Crippen molar-refractivity contribution in [2.24, 2.45) is 5.92 Å². The van der Waals surface area contributed by atoms with Crippen molar-refractivity contribution in [3.63, 3.8) is 0 Å². The van der Waals surface area contributed by atoms with Crippen molar-refractivity contribution in [2.75, 3.05) is 18.4 Å². The van der Waals surface area contributed by atoms with Crippen molar-refractivity contribution in [1.29, 1.82) is 0 Å². The third-order valence-corrected chi connectivity index (χ3v) is 7.49. The maximum Gasteiger partial charge on any atom is 0.405 e. The summed E-state index contributed by atoms with van der Waals surface area (Å²) in [6.45, 7) is 2.32. The van der Waals surface area contributed by atoms with Crippen molar-refractivity contribution in [3.8, 4) is 0 Å². The molecule has 4 N–H and O–H groups in total. The summed E-state index contributed by atoms with van der Waals surface area (Å²) in [5.41, 5.74) is 1.93. The van der Waals surface area contributed by atoms with Crippen LogP contribution in [0.1, 0.15) is 76.7 Å². The third kappa shape index (κ3) is 6.89. The molecule has 1 aromatic carbocycles. The summed E-state index contributed by atoms with van der Waals surface area (Å²) in [5, 5.41) is 21.1. The van der Waals surface area contributed by atoms with Gasteiger partial charge in [-0.25, -0.2) is 4.79 Å². The van der Waals surface area contributed by atoms with Crippen molar-refractivity contribution >= 4 is 29.5 Å². The smallest absolute Gasteiger partial charge is 0.405 e. The topological polar surface area (TPSA) is 167 Å². The zero-order valence-corrected chi connectivity index (χ0v) is 22.6. The molecule has 0 radical (unpaired) electrons. The number of nitrogens with zero attached hydrogens (tertiary/aromatic N) is 3. The number of rotatable bonds is 9. The second kappa shape index (κ2) is 12.2. The molecule has 4 amide bonds. The SMILES string of the molecule is C[C@H](NC(=O)O)C(=O)N1CCC(C(NC(=O)c2cc(C3CC3)on2)c2cccc(C(=O)Nc3cccnc3)c2)CC1. The predicted molar refractivity (Wildman–Crippen MR) is 147 cm³/mol. The maximum atomic E-state index is 13.3. The van der Waals surface area contributed by atoms with E-state index in [1.807, 2.05) is 6.07 Å². The Morgan fingerprint density at radius 2 is 1.78 bits per heavy atom. The molecule has 12 heteroatoms. The number of carbonyl (C=O) groups is 4. The number of aromatic nitrogens is 2. The molecule has 12 nitrogen and oxygen atoms in total. The maximum absolute atomic E-state index is 13.3. The highest BCUT2D eigenvalue weighted by atomic mass is 16.5. The molecule has 1 aliphatic heterocycles. The summed E-state index contributed by atoms with van der Waals surface area (Å²) >= 11 is 0. The molecule has 2 atom stereocenters. The molecule has 1 saturated heterocycles. The first-order valence-electron chi connectivity index (χ1n) is 13.7. The number of pyridine rings is 1. The van der Waals surface area contributed by atoms with Crippen LogP contribution in [0.2, 0.25) is 0 Å². The summed E-state index contributed by atoms with van der Waals surface area (Å²) in [6, 6.07) is 10.9. The fourth-order valence-corrected chi connectivity index (χ4v) is 5.13. The Hall–Kier alpha value is -4.74. The van der Waals surface area contributed by atoms with Gasteiger partial charge in [-0.2, -0.15) is 0 Å². The van der Waals surface area contributed by atoms with E-state index in [1.165, 1.54) is 6.92 Å². The standard InChI is InChI=1S/C29H32N6O6/c1-17(31-29(39)40)28(38)35-12-9-19(10-13-35)25(33-27(37)23-15-24(41-34-23)18-7-8-18)20-4-2-5-21(14-20)26(36)32-22-6-3-11-30-16-22/h2-6,11,14-19,25,31H,7-10,12-13H2,1H3,(H,32,36)(H,33,37)(H,39,40)/t17-,25?/m0/s1. The number of piperidine rings is 1. The summed E-state index contributed by atoms with van der Waals surface area (Å²) in [6.07, 6.45) is 5.08. The highest BCUT2D eigenvalue weighted by Crippen LogP contribution is 2.40. The van der Waals surface area contributed by atoms with E-state index in [0.717, 1.165) is 18.4 Å². The van der Waals surface area contributed by atoms with Crippen molar-refractivity contribution < 1.29 is 28.8 Å². The van der Waals surface area contributed by atoms with Crippen LogP contribution in [-0.4, -0.2) is 63.1 Å². The van der Waals surface area contributed by atoms with E-state index in [2.05, 4.69) is 26.1 Å². The monoisotopic (exact) mass is 560 g/mol. The molecule has 2 aliphatic rings. The Labute approximate surface area is 236 Å². The van der Waals surface area contributed by atoms with Crippen LogP contribution in [0.15, 0.2) is 59.4 Å². The molecule has 1 aliphatic carbocycles. The van der Waals surface area contributed by atoms with Crippen LogP contribution < -0.4 is 16.0 Å². The predicted octanol–water partition coefficient (Wildman–Crippen LogP) is 3.57. The molecule has 2 aromatic heterocycles. The van der Waals surface area contributed by atoms with E-state index in [0.29, 0.717) is 48.9 Å². The quantitative estimate of drug-likeness (QED) is 0.308. The second-order valence-electron chi connectivity index (χ2n) is 10.5. The van der Waals surface area contributed by atoms with Crippen molar-refractivity contribution in [3.05, 3.63) is 77.4 Å². The molecule has 3 heterocycles. The number of carboxylic acid groups (broad SMARTS) is 1. The van der Waals surface area contributed by atoms with E-state index >= 15 is 0 Å². The average molecular weight is 561 g/mol. The Bertz CT molecular complexity index is 1410. The molecule has 3 aromatic rings. The first kappa shape index (κ1) is 27.8. The van der Waals surface area contributed by atoms with Crippen molar-refractivity contribution in [1.82, 2.24) is 25.7 Å². The lowest BCUT2D eigenvalue weighted by atomic mass is 9.84. The molecular weight excluding hydrogens is 528 g/mol. The Morgan fingerprint density at radius 1 is 1.00 bits per heavy atom. The molecule has 0 bridgehead atoms. The molecule has 5 rings (SSSR count). The summed E-state index contributed by atoms with van der Waals surface area (Å²) in [7, 11) is 0. The van der Waals surface area contributed by atoms with Crippen LogP contribution >= 0.6 is 0 Å². The Morgan fingerprint density at radius 3 is 2.46 bits per heavy atom. The first-order valence-corrected chi connectivity index (χ1v) is 13.7. The number of benzene rings is 1. The fourth-order valence-electron chi connectivity index (χ4n) is 5.13. The lowest BCUT2D eigenvalue weighted by Gasteiger charge is -2.37. The molecule has 1 unspecified atom stereocenters. The van der Waals surface area contributed by atoms with E-state index < -0.39 is 18.2 Å². The molecule has 2 fully saturated rings. The second-order valence-corrected chi connectivity index (χ2v) is 10.5. The minimum atomic E-state index is -1.26. The van der Waals surface area contributed by atoms with Gasteiger partial charge in [0.25, 0.3) is 11.8 Å². The average Bonchev–Trinajstić information content (AvgIpc) is 3.71. The minimum absolute atomic E-state index is 0.0582. The summed E-state index contributed by atoms with van der Waals surface area (Å²) in [5.74, 6) is -0.0243. The zero-order chi connectivity index (χ0) is 28.9. The zero-order valence-electron chi connectivity index (χ0n) is 22.6. The van der Waals surface area contributed by atoms with Gasteiger partial charge in [0.05, 0.1) is 17.9 Å². The Balaban J connectivity index is 1.34. The van der Waals surface area contributed by atoms with E-state index in [9.17, 15) is 19.2 Å². The molecule has 0 spiro atoms. The van der Waals surface area contributed by atoms with Gasteiger partial charge in [-0.05, 0) is 68.4 Å². The lowest BCUT2D eigenvalue weighted by molar-refractivity contribution is -0.134. The van der Waals surface area contributed by atoms with Gasteiger partial charge in [-0.1, -0.05) is 17.3 Å². The van der Waals surface area contributed by atoms with Gasteiger partial charge in [-0.15, -0.1) is 0 Å². The minimum Gasteiger partial charge on any atom is -0.465 e. The first-order chi connectivity index (χ1) is 19.8. The number of hydrogen-bond donors (Lipinski definition) is 4. The van der Waals surface area contributed by atoms with Gasteiger partial charge in [0, 0.05) is 36.8 Å². The summed E-state index contributed by atoms with van der Waals surface area (Å²) in [4.78, 5) is 55.7. The molecule has 1 saturated carbocycles. The van der Waals surface area contributed by atoms with Crippen LogP contribution in [0.4, 0.5) is 10.5 Å². The van der Waals surface area contributed by atoms with Crippen LogP contribution in [0.3, 0.4) is 0 Å².